The van der Waals surface area contributed by atoms with Crippen LogP contribution in [0.2, 0.25) is 0 Å². The molecule has 46 heavy (non-hydrogen) atoms. The molecule has 0 aromatic heterocycles. The van der Waals surface area contributed by atoms with Crippen LogP contribution in [0.4, 0.5) is 0 Å². The highest BCUT2D eigenvalue weighted by Crippen LogP contribution is 2.55. The van der Waals surface area contributed by atoms with Gasteiger partial charge in [0.05, 0.1) is 0 Å². The predicted octanol–water partition coefficient (Wildman–Crippen LogP) is 13.3. The normalized spacial score (nSPS) is 19.2. The Morgan fingerprint density at radius 1 is 0.391 bits per heavy atom. The highest BCUT2D eigenvalue weighted by atomic mass is 14.4. The number of aryl methyl sites for hydroxylation is 4. The van der Waals surface area contributed by atoms with Crippen LogP contribution in [0.1, 0.15) is 126 Å². The van der Waals surface area contributed by atoms with Crippen molar-refractivity contribution in [1.29, 1.82) is 0 Å². The van der Waals surface area contributed by atoms with Gasteiger partial charge in [-0.1, -0.05) is 116 Å². The van der Waals surface area contributed by atoms with Crippen LogP contribution >= 0.6 is 0 Å². The number of hydrogen-bond acceptors (Lipinski definition) is 0. The Labute approximate surface area is 278 Å². The Bertz CT molecular complexity index is 1860. The maximum Gasteiger partial charge on any atom is -0.00231 e. The molecule has 0 aliphatic heterocycles. The minimum atomic E-state index is 0.104. The molecule has 238 valence electrons. The fraction of sp³-hybridized carbons (Fsp3) is 0.435. The van der Waals surface area contributed by atoms with Crippen molar-refractivity contribution in [3.63, 3.8) is 0 Å². The Morgan fingerprint density at radius 3 is 0.978 bits per heavy atom. The van der Waals surface area contributed by atoms with E-state index < -0.39 is 0 Å². The summed E-state index contributed by atoms with van der Waals surface area (Å²) in [6.07, 6.45) is 4.85. The van der Waals surface area contributed by atoms with Crippen LogP contribution < -0.4 is 0 Å². The van der Waals surface area contributed by atoms with E-state index in [9.17, 15) is 0 Å². The summed E-state index contributed by atoms with van der Waals surface area (Å²) in [6.45, 7) is 28.9. The lowest BCUT2D eigenvalue weighted by Gasteiger charge is -2.44. The zero-order valence-electron chi connectivity index (χ0n) is 30.6. The Morgan fingerprint density at radius 2 is 0.674 bits per heavy atom. The van der Waals surface area contributed by atoms with Crippen LogP contribution in [0.3, 0.4) is 0 Å². The van der Waals surface area contributed by atoms with Crippen molar-refractivity contribution in [3.8, 4) is 22.3 Å². The molecular formula is C46H54. The van der Waals surface area contributed by atoms with Crippen molar-refractivity contribution >= 4 is 21.5 Å². The fourth-order valence-corrected chi connectivity index (χ4v) is 9.21. The molecule has 7 rings (SSSR count). The van der Waals surface area contributed by atoms with Crippen LogP contribution in [0, 0.1) is 27.7 Å². The van der Waals surface area contributed by atoms with Gasteiger partial charge in [-0.05, 0) is 163 Å². The molecule has 2 aliphatic rings. The van der Waals surface area contributed by atoms with E-state index in [0.29, 0.717) is 0 Å². The first-order valence-electron chi connectivity index (χ1n) is 17.7. The summed E-state index contributed by atoms with van der Waals surface area (Å²) in [5.74, 6) is 0. The molecule has 0 heteroatoms. The lowest BCUT2D eigenvalue weighted by molar-refractivity contribution is 0.333. The summed E-state index contributed by atoms with van der Waals surface area (Å²) in [7, 11) is 0. The average molecular weight is 607 g/mol. The molecule has 2 aliphatic carbocycles. The van der Waals surface area contributed by atoms with Crippen LogP contribution in [0.15, 0.2) is 60.7 Å². The molecule has 0 spiro atoms. The summed E-state index contributed by atoms with van der Waals surface area (Å²) < 4.78 is 0. The molecule has 0 nitrogen and oxygen atoms in total. The maximum atomic E-state index is 2.52. The first-order chi connectivity index (χ1) is 21.4. The van der Waals surface area contributed by atoms with E-state index in [0.717, 1.165) is 0 Å². The van der Waals surface area contributed by atoms with Crippen molar-refractivity contribution in [1.82, 2.24) is 0 Å². The van der Waals surface area contributed by atoms with Gasteiger partial charge in [-0.2, -0.15) is 0 Å². The van der Waals surface area contributed by atoms with Gasteiger partial charge in [0.15, 0.2) is 0 Å². The predicted molar refractivity (Wildman–Crippen MR) is 202 cm³/mol. The van der Waals surface area contributed by atoms with E-state index in [1.807, 2.05) is 0 Å². The second kappa shape index (κ2) is 10.1. The molecule has 0 atom stereocenters. The SMILES string of the molecule is Cc1cc2c(-c3cccc4c3C(C)(C)CCC4(C)C)c3cc(C)c(C)cc3c(-c3cccc4c3C(C)(C)CCC4(C)C)c2cc1C. The monoisotopic (exact) mass is 606 g/mol. The Kier molecular flexibility index (Phi) is 6.83. The lowest BCUT2D eigenvalue weighted by atomic mass is 9.60. The quantitative estimate of drug-likeness (QED) is 0.175. The second-order valence-corrected chi connectivity index (χ2v) is 17.7. The van der Waals surface area contributed by atoms with E-state index in [1.165, 1.54) is 103 Å². The van der Waals surface area contributed by atoms with Crippen molar-refractivity contribution in [3.05, 3.63) is 105 Å². The van der Waals surface area contributed by atoms with Crippen LogP contribution in [0.5, 0.6) is 0 Å². The molecule has 0 saturated heterocycles. The van der Waals surface area contributed by atoms with Gasteiger partial charge in [-0.3, -0.25) is 0 Å². The van der Waals surface area contributed by atoms with Crippen molar-refractivity contribution in [2.75, 3.05) is 0 Å². The first kappa shape index (κ1) is 31.2. The average Bonchev–Trinajstić information content (AvgIpc) is 2.98. The third kappa shape index (κ3) is 4.53. The van der Waals surface area contributed by atoms with Gasteiger partial charge in [-0.15, -0.1) is 0 Å². The molecule has 0 fully saturated rings. The molecule has 0 heterocycles. The molecule has 0 amide bonds. The van der Waals surface area contributed by atoms with Crippen molar-refractivity contribution in [2.45, 2.75) is 130 Å². The van der Waals surface area contributed by atoms with Gasteiger partial charge in [-0.25, -0.2) is 0 Å². The van der Waals surface area contributed by atoms with Gasteiger partial charge in [0.25, 0.3) is 0 Å². The highest BCUT2D eigenvalue weighted by molar-refractivity contribution is 6.22. The lowest BCUT2D eigenvalue weighted by Crippen LogP contribution is -2.34. The zero-order valence-corrected chi connectivity index (χ0v) is 30.6. The minimum Gasteiger partial charge on any atom is -0.0613 e. The second-order valence-electron chi connectivity index (χ2n) is 17.7. The molecule has 0 radical (unpaired) electrons. The molecular weight excluding hydrogens is 553 g/mol. The molecule has 0 N–H and O–H groups in total. The van der Waals surface area contributed by atoms with E-state index in [1.54, 1.807) is 11.1 Å². The van der Waals surface area contributed by atoms with Crippen LogP contribution in [-0.4, -0.2) is 0 Å². The minimum absolute atomic E-state index is 0.104. The van der Waals surface area contributed by atoms with E-state index in [4.69, 9.17) is 0 Å². The number of hydrogen-bond donors (Lipinski definition) is 0. The Balaban J connectivity index is 1.73. The zero-order chi connectivity index (χ0) is 33.1. The van der Waals surface area contributed by atoms with Gasteiger partial charge in [0, 0.05) is 0 Å². The molecule has 5 aromatic carbocycles. The summed E-state index contributed by atoms with van der Waals surface area (Å²) in [4.78, 5) is 0. The third-order valence-electron chi connectivity index (χ3n) is 12.6. The van der Waals surface area contributed by atoms with Crippen LogP contribution in [0.25, 0.3) is 43.8 Å². The van der Waals surface area contributed by atoms with Crippen LogP contribution in [-0.2, 0) is 21.7 Å². The summed E-state index contributed by atoms with van der Waals surface area (Å²) >= 11 is 0. The molecule has 5 aromatic rings. The third-order valence-corrected chi connectivity index (χ3v) is 12.6. The van der Waals surface area contributed by atoms with E-state index in [2.05, 4.69) is 144 Å². The van der Waals surface area contributed by atoms with E-state index >= 15 is 0 Å². The molecule has 0 saturated carbocycles. The van der Waals surface area contributed by atoms with Gasteiger partial charge < -0.3 is 0 Å². The highest BCUT2D eigenvalue weighted by Gasteiger charge is 2.41. The van der Waals surface area contributed by atoms with E-state index in [-0.39, 0.29) is 21.7 Å². The summed E-state index contributed by atoms with van der Waals surface area (Å²) in [5, 5.41) is 5.58. The molecule has 0 bridgehead atoms. The van der Waals surface area contributed by atoms with Crippen molar-refractivity contribution < 1.29 is 0 Å². The number of rotatable bonds is 2. The van der Waals surface area contributed by atoms with Gasteiger partial charge in [0.2, 0.25) is 0 Å². The summed E-state index contributed by atoms with van der Waals surface area (Å²) in [5.41, 5.74) is 17.9. The largest absolute Gasteiger partial charge is 0.0613 e. The standard InChI is InChI=1S/C46H54/c1-27-23-33-34(24-28(27)2)40(32-16-14-18-38-42(32)46(11,12)22-20-44(38,7)8)36-26-30(4)29(3)25-35(36)39(33)31-15-13-17-37-41(31)45(9,10)21-19-43(37,5)6/h13-18,23-26H,19-22H2,1-12H3. The fourth-order valence-electron chi connectivity index (χ4n) is 9.21. The number of benzene rings is 5. The van der Waals surface area contributed by atoms with Gasteiger partial charge in [0.1, 0.15) is 0 Å². The van der Waals surface area contributed by atoms with Crippen molar-refractivity contribution in [2.24, 2.45) is 0 Å². The molecule has 0 unspecified atom stereocenters. The first-order valence-corrected chi connectivity index (χ1v) is 17.7. The maximum absolute atomic E-state index is 2.52. The van der Waals surface area contributed by atoms with Gasteiger partial charge >= 0.3 is 0 Å². The topological polar surface area (TPSA) is 0 Å². The Hall–Kier alpha value is -3.38. The smallest absolute Gasteiger partial charge is 0.00231 e. The summed E-state index contributed by atoms with van der Waals surface area (Å²) in [6, 6.07) is 24.5. The number of fused-ring (bicyclic) bond motifs is 4.